The molecule has 0 fully saturated rings. The van der Waals surface area contributed by atoms with E-state index in [-0.39, 0.29) is 0 Å². The lowest BCUT2D eigenvalue weighted by Crippen LogP contribution is -2.10. The lowest BCUT2D eigenvalue weighted by atomic mass is 10.0. The van der Waals surface area contributed by atoms with Crippen molar-refractivity contribution in [3.05, 3.63) is 206 Å². The van der Waals surface area contributed by atoms with Crippen LogP contribution in [0.5, 0.6) is 0 Å². The van der Waals surface area contributed by atoms with E-state index in [0.29, 0.717) is 0 Å². The second kappa shape index (κ2) is 12.6. The van der Waals surface area contributed by atoms with Crippen molar-refractivity contribution >= 4 is 66.5 Å². The van der Waals surface area contributed by atoms with Crippen molar-refractivity contribution in [2.45, 2.75) is 0 Å². The van der Waals surface area contributed by atoms with Gasteiger partial charge in [0.25, 0.3) is 0 Å². The van der Waals surface area contributed by atoms with Crippen LogP contribution in [0.3, 0.4) is 0 Å². The summed E-state index contributed by atoms with van der Waals surface area (Å²) in [6, 6.07) is 73.7. The van der Waals surface area contributed by atoms with Crippen LogP contribution in [0.2, 0.25) is 0 Å². The molecule has 8 aromatic carbocycles. The number of nitrogens with zero attached hydrogens (tertiary/aromatic N) is 4. The Balaban J connectivity index is 1.08. The number of benzene rings is 8. The van der Waals surface area contributed by atoms with Gasteiger partial charge in [-0.05, 0) is 88.3 Å². The number of para-hydroxylation sites is 2. The Bertz CT molecular complexity index is 3080. The van der Waals surface area contributed by atoms with Crippen LogP contribution in [-0.4, -0.2) is 14.0 Å². The first-order valence-electron chi connectivity index (χ1n) is 18.7. The summed E-state index contributed by atoms with van der Waals surface area (Å²) < 4.78 is 4.74. The summed E-state index contributed by atoms with van der Waals surface area (Å²) in [6.45, 7) is 0. The zero-order valence-electron chi connectivity index (χ0n) is 29.9. The quantitative estimate of drug-likeness (QED) is 0.161. The Morgan fingerprint density at radius 3 is 1.36 bits per heavy atom. The molecular weight excluding hydrogens is 669 g/mol. The maximum atomic E-state index is 5.38. The zero-order valence-corrected chi connectivity index (χ0v) is 29.9. The van der Waals surface area contributed by atoms with Crippen LogP contribution in [0.1, 0.15) is 0 Å². The molecule has 0 saturated carbocycles. The van der Waals surface area contributed by atoms with Crippen molar-refractivity contribution in [3.63, 3.8) is 0 Å². The number of aromatic nitrogens is 3. The SMILES string of the molecule is c1ccc(-c2ccc(N(c3ccc(-c4ccccc4)cc3)c3ccc(-n4c5ccccc5c5nc6c7ccccc7c7ccccc7n6c54)cc3)cc2)cc1. The Morgan fingerprint density at radius 1 is 0.345 bits per heavy atom. The van der Waals surface area contributed by atoms with E-state index in [0.717, 1.165) is 61.4 Å². The van der Waals surface area contributed by atoms with Gasteiger partial charge in [0.15, 0.2) is 5.65 Å². The van der Waals surface area contributed by atoms with Gasteiger partial charge >= 0.3 is 0 Å². The smallest absolute Gasteiger partial charge is 0.151 e. The highest BCUT2D eigenvalue weighted by molar-refractivity contribution is 6.16. The molecule has 0 bridgehead atoms. The lowest BCUT2D eigenvalue weighted by molar-refractivity contribution is 1.12. The van der Waals surface area contributed by atoms with Gasteiger partial charge in [-0.2, -0.15) is 0 Å². The average Bonchev–Trinajstić information content (AvgIpc) is 3.81. The number of hydrogen-bond donors (Lipinski definition) is 0. The second-order valence-corrected chi connectivity index (χ2v) is 14.0. The molecular formula is C51H34N4. The fraction of sp³-hybridized carbons (Fsp3) is 0. The van der Waals surface area contributed by atoms with Crippen LogP contribution in [-0.2, 0) is 0 Å². The predicted molar refractivity (Wildman–Crippen MR) is 230 cm³/mol. The molecule has 0 aliphatic heterocycles. The van der Waals surface area contributed by atoms with Crippen molar-refractivity contribution in [2.75, 3.05) is 4.90 Å². The van der Waals surface area contributed by atoms with Crippen molar-refractivity contribution in [2.24, 2.45) is 0 Å². The molecule has 0 amide bonds. The highest BCUT2D eigenvalue weighted by Gasteiger charge is 2.22. The third-order valence-electron chi connectivity index (χ3n) is 10.9. The van der Waals surface area contributed by atoms with E-state index in [1.807, 2.05) is 0 Å². The molecule has 0 saturated heterocycles. The topological polar surface area (TPSA) is 25.5 Å². The van der Waals surface area contributed by atoms with Gasteiger partial charge in [-0.25, -0.2) is 4.98 Å². The van der Waals surface area contributed by atoms with Gasteiger partial charge in [0, 0.05) is 38.9 Å². The summed E-state index contributed by atoms with van der Waals surface area (Å²) in [5.74, 6) is 0. The molecule has 0 radical (unpaired) electrons. The van der Waals surface area contributed by atoms with E-state index in [4.69, 9.17) is 4.98 Å². The third-order valence-corrected chi connectivity index (χ3v) is 10.9. The van der Waals surface area contributed by atoms with Crippen LogP contribution in [0, 0.1) is 0 Å². The fourth-order valence-electron chi connectivity index (χ4n) is 8.33. The molecule has 11 rings (SSSR count). The van der Waals surface area contributed by atoms with Crippen LogP contribution in [0.15, 0.2) is 206 Å². The van der Waals surface area contributed by atoms with E-state index >= 15 is 0 Å². The summed E-state index contributed by atoms with van der Waals surface area (Å²) in [5, 5.41) is 4.71. The van der Waals surface area contributed by atoms with Gasteiger partial charge in [0.1, 0.15) is 11.2 Å². The molecule has 3 aromatic heterocycles. The van der Waals surface area contributed by atoms with Crippen LogP contribution in [0.25, 0.3) is 77.3 Å². The van der Waals surface area contributed by atoms with Gasteiger partial charge in [-0.3, -0.25) is 8.97 Å². The Hall–Kier alpha value is -7.43. The number of pyridine rings is 1. The number of imidazole rings is 1. The minimum atomic E-state index is 0.972. The maximum absolute atomic E-state index is 5.38. The maximum Gasteiger partial charge on any atom is 0.151 e. The van der Waals surface area contributed by atoms with Gasteiger partial charge in [-0.15, -0.1) is 0 Å². The number of anilines is 3. The van der Waals surface area contributed by atoms with Gasteiger partial charge < -0.3 is 4.90 Å². The van der Waals surface area contributed by atoms with Gasteiger partial charge in [0.2, 0.25) is 0 Å². The normalized spacial score (nSPS) is 11.6. The van der Waals surface area contributed by atoms with Crippen molar-refractivity contribution in [1.82, 2.24) is 14.0 Å². The summed E-state index contributed by atoms with van der Waals surface area (Å²) in [5.41, 5.74) is 14.4. The first-order chi connectivity index (χ1) is 27.3. The summed E-state index contributed by atoms with van der Waals surface area (Å²) in [7, 11) is 0. The average molecular weight is 703 g/mol. The Labute approximate surface area is 318 Å². The van der Waals surface area contributed by atoms with Crippen LogP contribution in [0.4, 0.5) is 17.1 Å². The first kappa shape index (κ1) is 31.1. The standard InChI is InChI=1S/C51H34N4/c1-3-13-35(14-4-1)37-23-27-39(28-24-37)53(40-29-25-38(26-30-40)36-15-5-2-6-16-36)41-31-33-42(34-32-41)54-48-22-12-10-20-46(48)49-51(54)55-47-21-11-9-18-44(47)43-17-7-8-19-45(43)50(55)52-49/h1-34H. The highest BCUT2D eigenvalue weighted by atomic mass is 15.2. The molecule has 258 valence electrons. The summed E-state index contributed by atoms with van der Waals surface area (Å²) >= 11 is 0. The molecule has 55 heavy (non-hydrogen) atoms. The highest BCUT2D eigenvalue weighted by Crippen LogP contribution is 2.40. The lowest BCUT2D eigenvalue weighted by Gasteiger charge is -2.26. The molecule has 0 N–H and O–H groups in total. The minimum Gasteiger partial charge on any atom is -0.311 e. The predicted octanol–water partition coefficient (Wildman–Crippen LogP) is 13.5. The van der Waals surface area contributed by atoms with E-state index < -0.39 is 0 Å². The van der Waals surface area contributed by atoms with Crippen LogP contribution < -0.4 is 4.90 Å². The van der Waals surface area contributed by atoms with Gasteiger partial charge in [-0.1, -0.05) is 146 Å². The molecule has 3 heterocycles. The van der Waals surface area contributed by atoms with Crippen molar-refractivity contribution in [3.8, 4) is 27.9 Å². The molecule has 0 spiro atoms. The number of fused-ring (bicyclic) bond motifs is 10. The minimum absolute atomic E-state index is 0.972. The molecule has 4 heteroatoms. The van der Waals surface area contributed by atoms with E-state index in [1.54, 1.807) is 0 Å². The summed E-state index contributed by atoms with van der Waals surface area (Å²) in [4.78, 5) is 7.72. The van der Waals surface area contributed by atoms with E-state index in [9.17, 15) is 0 Å². The second-order valence-electron chi connectivity index (χ2n) is 14.0. The third kappa shape index (κ3) is 5.03. The molecule has 4 nitrogen and oxygen atoms in total. The first-order valence-corrected chi connectivity index (χ1v) is 18.7. The largest absolute Gasteiger partial charge is 0.311 e. The van der Waals surface area contributed by atoms with Crippen LogP contribution >= 0.6 is 0 Å². The van der Waals surface area contributed by atoms with E-state index in [2.05, 4.69) is 220 Å². The van der Waals surface area contributed by atoms with Crippen molar-refractivity contribution in [1.29, 1.82) is 0 Å². The molecule has 0 unspecified atom stereocenters. The van der Waals surface area contributed by atoms with Crippen molar-refractivity contribution < 1.29 is 0 Å². The molecule has 11 aromatic rings. The Kier molecular flexibility index (Phi) is 7.14. The molecule has 0 aliphatic carbocycles. The fourth-order valence-corrected chi connectivity index (χ4v) is 8.33. The molecule has 0 atom stereocenters. The number of rotatable bonds is 6. The monoisotopic (exact) mass is 702 g/mol. The zero-order chi connectivity index (χ0) is 36.3. The number of hydrogen-bond acceptors (Lipinski definition) is 2. The molecule has 0 aliphatic rings. The van der Waals surface area contributed by atoms with E-state index in [1.165, 1.54) is 33.0 Å². The summed E-state index contributed by atoms with van der Waals surface area (Å²) in [6.07, 6.45) is 0. The Morgan fingerprint density at radius 2 is 0.782 bits per heavy atom. The van der Waals surface area contributed by atoms with Gasteiger partial charge in [0.05, 0.1) is 11.0 Å².